The first-order valence-electron chi connectivity index (χ1n) is 10.0. The smallest absolute Gasteiger partial charge is 0.355 e. The number of para-hydroxylation sites is 1. The minimum absolute atomic E-state index is 0.133. The summed E-state index contributed by atoms with van der Waals surface area (Å²) in [5.74, 6) is 0.437. The molecule has 0 radical (unpaired) electrons. The number of fused-ring (bicyclic) bond motifs is 1. The Hall–Kier alpha value is -3.15. The SMILES string of the molecule is Cc1cc(N(C)c2nc(C(=O)O)c(C3CN(C)C3)s2)nnc1Nc1nc2ccccc2s1. The Morgan fingerprint density at radius 1 is 1.22 bits per heavy atom. The first-order chi connectivity index (χ1) is 15.4. The topological polar surface area (TPSA) is 107 Å². The predicted octanol–water partition coefficient (Wildman–Crippen LogP) is 4.09. The van der Waals surface area contributed by atoms with Crippen molar-refractivity contribution in [2.45, 2.75) is 12.8 Å². The average Bonchev–Trinajstić information content (AvgIpc) is 3.36. The second kappa shape index (κ2) is 8.08. The van der Waals surface area contributed by atoms with Gasteiger partial charge in [-0.25, -0.2) is 14.8 Å². The van der Waals surface area contributed by atoms with Gasteiger partial charge in [0.05, 0.1) is 10.2 Å². The maximum atomic E-state index is 11.7. The number of nitrogens with zero attached hydrogens (tertiary/aromatic N) is 6. The Labute approximate surface area is 192 Å². The molecule has 0 atom stereocenters. The van der Waals surface area contributed by atoms with Gasteiger partial charge in [0.1, 0.15) is 0 Å². The lowest BCUT2D eigenvalue weighted by molar-refractivity contribution is 0.0687. The van der Waals surface area contributed by atoms with E-state index in [9.17, 15) is 9.90 Å². The fourth-order valence-electron chi connectivity index (χ4n) is 3.64. The Bertz CT molecular complexity index is 1280. The van der Waals surface area contributed by atoms with Crippen molar-refractivity contribution in [3.05, 3.63) is 46.5 Å². The summed E-state index contributed by atoms with van der Waals surface area (Å²) in [4.78, 5) is 25.5. The lowest BCUT2D eigenvalue weighted by Crippen LogP contribution is -2.41. The van der Waals surface area contributed by atoms with Gasteiger partial charge in [-0.1, -0.05) is 23.5 Å². The zero-order valence-electron chi connectivity index (χ0n) is 17.7. The molecule has 1 aliphatic rings. The van der Waals surface area contributed by atoms with E-state index in [4.69, 9.17) is 0 Å². The summed E-state index contributed by atoms with van der Waals surface area (Å²) in [5, 5.41) is 22.9. The summed E-state index contributed by atoms with van der Waals surface area (Å²) in [7, 11) is 3.85. The van der Waals surface area contributed by atoms with Crippen LogP contribution in [0.15, 0.2) is 30.3 Å². The molecule has 2 N–H and O–H groups in total. The quantitative estimate of drug-likeness (QED) is 0.433. The molecule has 4 heterocycles. The molecule has 1 aliphatic heterocycles. The lowest BCUT2D eigenvalue weighted by atomic mass is 9.98. The van der Waals surface area contributed by atoms with Crippen LogP contribution in [0.4, 0.5) is 21.9 Å². The first kappa shape index (κ1) is 20.7. The van der Waals surface area contributed by atoms with Crippen molar-refractivity contribution < 1.29 is 9.90 Å². The second-order valence-corrected chi connectivity index (χ2v) is 9.88. The Balaban J connectivity index is 1.38. The minimum atomic E-state index is -0.997. The van der Waals surface area contributed by atoms with Gasteiger partial charge in [0.2, 0.25) is 0 Å². The summed E-state index contributed by atoms with van der Waals surface area (Å²) in [5.41, 5.74) is 1.97. The molecule has 164 valence electrons. The van der Waals surface area contributed by atoms with E-state index in [1.54, 1.807) is 16.2 Å². The van der Waals surface area contributed by atoms with Gasteiger partial charge in [0.25, 0.3) is 0 Å². The molecule has 5 rings (SSSR count). The number of carboxylic acid groups (broad SMARTS) is 1. The van der Waals surface area contributed by atoms with E-state index in [2.05, 4.69) is 30.4 Å². The van der Waals surface area contributed by atoms with Crippen molar-refractivity contribution in [2.75, 3.05) is 37.4 Å². The van der Waals surface area contributed by atoms with Crippen LogP contribution in [0.25, 0.3) is 10.2 Å². The highest BCUT2D eigenvalue weighted by atomic mass is 32.1. The first-order valence-corrected chi connectivity index (χ1v) is 11.7. The van der Waals surface area contributed by atoms with E-state index in [0.29, 0.717) is 16.8 Å². The standard InChI is InChI=1S/C21H21N7O2S2/c1-11-8-15(25-26-18(11)24-20-22-13-6-4-5-7-14(13)31-20)28(3)21-23-16(19(29)30)17(32-21)12-9-27(2)10-12/h4-8,12H,9-10H2,1-3H3,(H,29,30)(H,22,24,26). The van der Waals surface area contributed by atoms with Gasteiger partial charge in [-0.15, -0.1) is 21.5 Å². The number of likely N-dealkylation sites (tertiary alicyclic amines) is 1. The fourth-order valence-corrected chi connectivity index (χ4v) is 5.62. The number of aromatic nitrogens is 4. The third-order valence-electron chi connectivity index (χ3n) is 5.40. The summed E-state index contributed by atoms with van der Waals surface area (Å²) in [6.45, 7) is 3.63. The van der Waals surface area contributed by atoms with Crippen LogP contribution in [0.2, 0.25) is 0 Å². The van der Waals surface area contributed by atoms with Crippen LogP contribution >= 0.6 is 22.7 Å². The minimum Gasteiger partial charge on any atom is -0.476 e. The van der Waals surface area contributed by atoms with Crippen molar-refractivity contribution in [1.82, 2.24) is 25.1 Å². The van der Waals surface area contributed by atoms with Crippen LogP contribution in [0.1, 0.15) is 26.8 Å². The maximum absolute atomic E-state index is 11.7. The zero-order valence-corrected chi connectivity index (χ0v) is 19.4. The zero-order chi connectivity index (χ0) is 22.4. The number of carboxylic acids is 1. The number of hydrogen-bond donors (Lipinski definition) is 2. The van der Waals surface area contributed by atoms with Crippen molar-refractivity contribution in [2.24, 2.45) is 0 Å². The number of aromatic carboxylic acids is 1. The van der Waals surface area contributed by atoms with E-state index < -0.39 is 5.97 Å². The molecule has 1 aromatic carbocycles. The van der Waals surface area contributed by atoms with Crippen molar-refractivity contribution >= 4 is 60.8 Å². The number of aryl methyl sites for hydroxylation is 1. The van der Waals surface area contributed by atoms with Crippen LogP contribution in [0, 0.1) is 6.92 Å². The van der Waals surface area contributed by atoms with Crippen molar-refractivity contribution in [3.63, 3.8) is 0 Å². The van der Waals surface area contributed by atoms with E-state index in [-0.39, 0.29) is 11.6 Å². The molecular weight excluding hydrogens is 446 g/mol. The van der Waals surface area contributed by atoms with E-state index in [1.807, 2.05) is 51.4 Å². The predicted molar refractivity (Wildman–Crippen MR) is 127 cm³/mol. The molecule has 32 heavy (non-hydrogen) atoms. The highest BCUT2D eigenvalue weighted by Gasteiger charge is 2.32. The number of thiazole rings is 2. The number of anilines is 4. The van der Waals surface area contributed by atoms with E-state index >= 15 is 0 Å². The van der Waals surface area contributed by atoms with Gasteiger partial charge in [0, 0.05) is 30.9 Å². The molecule has 9 nitrogen and oxygen atoms in total. The van der Waals surface area contributed by atoms with E-state index in [1.165, 1.54) is 11.3 Å². The molecule has 0 aliphatic carbocycles. The van der Waals surface area contributed by atoms with Crippen LogP contribution in [0.3, 0.4) is 0 Å². The molecule has 0 amide bonds. The highest BCUT2D eigenvalue weighted by Crippen LogP contribution is 2.38. The maximum Gasteiger partial charge on any atom is 0.355 e. The van der Waals surface area contributed by atoms with Crippen molar-refractivity contribution in [1.29, 1.82) is 0 Å². The van der Waals surface area contributed by atoms with Gasteiger partial charge in [-0.2, -0.15) is 0 Å². The van der Waals surface area contributed by atoms with Crippen LogP contribution in [-0.4, -0.2) is 63.3 Å². The third-order valence-corrected chi connectivity index (χ3v) is 7.65. The Morgan fingerprint density at radius 3 is 2.69 bits per heavy atom. The van der Waals surface area contributed by atoms with Gasteiger partial charge in [-0.05, 0) is 37.7 Å². The Morgan fingerprint density at radius 2 is 2.00 bits per heavy atom. The average molecular weight is 468 g/mol. The monoisotopic (exact) mass is 467 g/mol. The number of nitrogens with one attached hydrogen (secondary N) is 1. The molecule has 4 aromatic rings. The van der Waals surface area contributed by atoms with Crippen LogP contribution in [-0.2, 0) is 0 Å². The molecule has 0 bridgehead atoms. The van der Waals surface area contributed by atoms with Crippen molar-refractivity contribution in [3.8, 4) is 0 Å². The number of benzene rings is 1. The molecule has 3 aromatic heterocycles. The summed E-state index contributed by atoms with van der Waals surface area (Å²) < 4.78 is 1.10. The molecule has 1 saturated heterocycles. The van der Waals surface area contributed by atoms with E-state index in [0.717, 1.165) is 38.9 Å². The molecule has 1 fully saturated rings. The largest absolute Gasteiger partial charge is 0.476 e. The summed E-state index contributed by atoms with van der Waals surface area (Å²) >= 11 is 2.97. The Kier molecular flexibility index (Phi) is 5.24. The van der Waals surface area contributed by atoms with Gasteiger partial charge in [-0.3, -0.25) is 0 Å². The third kappa shape index (κ3) is 3.78. The number of carbonyl (C=O) groups is 1. The second-order valence-electron chi connectivity index (χ2n) is 7.84. The highest BCUT2D eigenvalue weighted by molar-refractivity contribution is 7.22. The summed E-state index contributed by atoms with van der Waals surface area (Å²) in [6.07, 6.45) is 0. The molecule has 0 unspecified atom stereocenters. The van der Waals surface area contributed by atoms with Gasteiger partial charge >= 0.3 is 5.97 Å². The molecular formula is C21H21N7O2S2. The van der Waals surface area contributed by atoms with Crippen LogP contribution < -0.4 is 10.2 Å². The molecule has 0 saturated carbocycles. The van der Waals surface area contributed by atoms with Crippen LogP contribution in [0.5, 0.6) is 0 Å². The molecule has 11 heteroatoms. The number of likely N-dealkylation sites (N-methyl/N-ethyl adjacent to an activating group) is 1. The number of hydrogen-bond acceptors (Lipinski definition) is 10. The fraction of sp³-hybridized carbons (Fsp3) is 0.286. The summed E-state index contributed by atoms with van der Waals surface area (Å²) in [6, 6.07) is 9.86. The van der Waals surface area contributed by atoms with Gasteiger partial charge in [0.15, 0.2) is 27.6 Å². The lowest BCUT2D eigenvalue weighted by Gasteiger charge is -2.35. The molecule has 0 spiro atoms. The number of rotatable bonds is 6. The normalized spacial score (nSPS) is 14.5. The van der Waals surface area contributed by atoms with Gasteiger partial charge < -0.3 is 20.2 Å².